The number of hydrogen-bond acceptors (Lipinski definition) is 4. The molecular formula is C19H28N2O4. The van der Waals surface area contributed by atoms with Gasteiger partial charge in [-0.25, -0.2) is 4.79 Å². The summed E-state index contributed by atoms with van der Waals surface area (Å²) in [7, 11) is 1.58. The number of benzene rings is 1. The Bertz CT molecular complexity index is 602. The van der Waals surface area contributed by atoms with Gasteiger partial charge in [-0.05, 0) is 51.7 Å². The molecule has 2 rings (SSSR count). The Labute approximate surface area is 149 Å². The zero-order valence-electron chi connectivity index (χ0n) is 15.5. The van der Waals surface area contributed by atoms with E-state index in [2.05, 4.69) is 5.32 Å². The molecular weight excluding hydrogens is 320 g/mol. The van der Waals surface area contributed by atoms with Gasteiger partial charge >= 0.3 is 6.09 Å². The summed E-state index contributed by atoms with van der Waals surface area (Å²) < 4.78 is 10.6. The van der Waals surface area contributed by atoms with E-state index in [1.54, 1.807) is 12.0 Å². The van der Waals surface area contributed by atoms with Gasteiger partial charge in [0, 0.05) is 19.5 Å². The summed E-state index contributed by atoms with van der Waals surface area (Å²) in [6.07, 6.45) is 1.78. The van der Waals surface area contributed by atoms with Gasteiger partial charge in [-0.2, -0.15) is 0 Å². The van der Waals surface area contributed by atoms with Crippen molar-refractivity contribution in [2.45, 2.75) is 45.6 Å². The molecule has 1 aliphatic heterocycles. The average Bonchev–Trinajstić information content (AvgIpc) is 2.54. The number of likely N-dealkylation sites (tertiary alicyclic amines) is 1. The number of carbonyl (C=O) groups is 2. The molecule has 0 unspecified atom stereocenters. The van der Waals surface area contributed by atoms with E-state index < -0.39 is 5.60 Å². The van der Waals surface area contributed by atoms with Crippen molar-refractivity contribution in [1.82, 2.24) is 4.90 Å². The van der Waals surface area contributed by atoms with Crippen molar-refractivity contribution in [3.63, 3.8) is 0 Å². The Kier molecular flexibility index (Phi) is 6.28. The molecule has 1 saturated heterocycles. The largest absolute Gasteiger partial charge is 0.495 e. The molecule has 1 heterocycles. The van der Waals surface area contributed by atoms with Crippen LogP contribution in [0.4, 0.5) is 10.5 Å². The zero-order valence-corrected chi connectivity index (χ0v) is 15.5. The monoisotopic (exact) mass is 348 g/mol. The van der Waals surface area contributed by atoms with Crippen LogP contribution in [0.15, 0.2) is 24.3 Å². The molecule has 2 amide bonds. The number of ether oxygens (including phenoxy) is 2. The minimum absolute atomic E-state index is 0.0276. The van der Waals surface area contributed by atoms with Crippen LogP contribution in [0.5, 0.6) is 5.75 Å². The van der Waals surface area contributed by atoms with Crippen LogP contribution >= 0.6 is 0 Å². The van der Waals surface area contributed by atoms with Gasteiger partial charge in [0.25, 0.3) is 0 Å². The van der Waals surface area contributed by atoms with Crippen LogP contribution < -0.4 is 10.1 Å². The molecule has 138 valence electrons. The highest BCUT2D eigenvalue weighted by Gasteiger charge is 2.27. The number of carbonyl (C=O) groups excluding carboxylic acids is 2. The van der Waals surface area contributed by atoms with Gasteiger partial charge in [0.05, 0.1) is 12.8 Å². The quantitative estimate of drug-likeness (QED) is 0.901. The average molecular weight is 348 g/mol. The van der Waals surface area contributed by atoms with Gasteiger partial charge in [0.1, 0.15) is 11.4 Å². The van der Waals surface area contributed by atoms with E-state index in [1.807, 2.05) is 45.0 Å². The van der Waals surface area contributed by atoms with Crippen molar-refractivity contribution in [2.24, 2.45) is 5.92 Å². The molecule has 1 N–H and O–H groups in total. The van der Waals surface area contributed by atoms with Crippen molar-refractivity contribution < 1.29 is 19.1 Å². The maximum Gasteiger partial charge on any atom is 0.410 e. The molecule has 0 radical (unpaired) electrons. The third kappa shape index (κ3) is 5.96. The standard InChI is InChI=1S/C19H28N2O4/c1-19(2,3)25-18(23)21-11-9-14(10-12-21)13-17(22)20-15-7-5-6-8-16(15)24-4/h5-8,14H,9-13H2,1-4H3,(H,20,22). The Morgan fingerprint density at radius 1 is 1.20 bits per heavy atom. The molecule has 0 aromatic heterocycles. The van der Waals surface area contributed by atoms with Crippen molar-refractivity contribution in [3.05, 3.63) is 24.3 Å². The highest BCUT2D eigenvalue weighted by Crippen LogP contribution is 2.26. The summed E-state index contributed by atoms with van der Waals surface area (Å²) in [5.41, 5.74) is 0.198. The number of nitrogens with one attached hydrogen (secondary N) is 1. The van der Waals surface area contributed by atoms with Crippen LogP contribution in [0.1, 0.15) is 40.0 Å². The minimum atomic E-state index is -0.484. The van der Waals surface area contributed by atoms with Crippen molar-refractivity contribution in [3.8, 4) is 5.75 Å². The Morgan fingerprint density at radius 2 is 1.84 bits per heavy atom. The number of para-hydroxylation sites is 2. The van der Waals surface area contributed by atoms with E-state index in [9.17, 15) is 9.59 Å². The number of nitrogens with zero attached hydrogens (tertiary/aromatic N) is 1. The maximum atomic E-state index is 12.3. The van der Waals surface area contributed by atoms with Crippen LogP contribution in [0.3, 0.4) is 0 Å². The fourth-order valence-electron chi connectivity index (χ4n) is 2.86. The predicted octanol–water partition coefficient (Wildman–Crippen LogP) is 3.67. The van der Waals surface area contributed by atoms with Crippen molar-refractivity contribution in [1.29, 1.82) is 0 Å². The summed E-state index contributed by atoms with van der Waals surface area (Å²) in [5, 5.41) is 2.90. The highest BCUT2D eigenvalue weighted by molar-refractivity contribution is 5.92. The number of piperidine rings is 1. The molecule has 1 aromatic carbocycles. The third-order valence-corrected chi connectivity index (χ3v) is 4.12. The lowest BCUT2D eigenvalue weighted by Gasteiger charge is -2.33. The molecule has 1 fully saturated rings. The van der Waals surface area contributed by atoms with Gasteiger partial charge < -0.3 is 19.7 Å². The summed E-state index contributed by atoms with van der Waals surface area (Å²) in [5.74, 6) is 0.893. The number of anilines is 1. The number of hydrogen-bond donors (Lipinski definition) is 1. The fraction of sp³-hybridized carbons (Fsp3) is 0.579. The Balaban J connectivity index is 1.80. The topological polar surface area (TPSA) is 67.9 Å². The van der Waals surface area contributed by atoms with E-state index >= 15 is 0 Å². The first-order valence-corrected chi connectivity index (χ1v) is 8.69. The summed E-state index contributed by atoms with van der Waals surface area (Å²) in [6, 6.07) is 7.36. The van der Waals surface area contributed by atoms with Crippen LogP contribution in [0, 0.1) is 5.92 Å². The van der Waals surface area contributed by atoms with Gasteiger partial charge in [-0.15, -0.1) is 0 Å². The molecule has 0 aliphatic carbocycles. The lowest BCUT2D eigenvalue weighted by molar-refractivity contribution is -0.117. The minimum Gasteiger partial charge on any atom is -0.495 e. The first-order valence-electron chi connectivity index (χ1n) is 8.69. The van der Waals surface area contributed by atoms with Gasteiger partial charge in [0.2, 0.25) is 5.91 Å². The molecule has 0 bridgehead atoms. The van der Waals surface area contributed by atoms with Gasteiger partial charge in [-0.1, -0.05) is 12.1 Å². The predicted molar refractivity (Wildman–Crippen MR) is 96.8 cm³/mol. The van der Waals surface area contributed by atoms with Crippen LogP contribution in [-0.4, -0.2) is 42.7 Å². The summed E-state index contributed by atoms with van der Waals surface area (Å²) in [4.78, 5) is 26.1. The van der Waals surface area contributed by atoms with Crippen molar-refractivity contribution in [2.75, 3.05) is 25.5 Å². The fourth-order valence-corrected chi connectivity index (χ4v) is 2.86. The van der Waals surface area contributed by atoms with E-state index in [0.717, 1.165) is 12.8 Å². The maximum absolute atomic E-state index is 12.3. The Morgan fingerprint density at radius 3 is 2.44 bits per heavy atom. The molecule has 1 aliphatic rings. The van der Waals surface area contributed by atoms with Crippen molar-refractivity contribution >= 4 is 17.7 Å². The molecule has 0 saturated carbocycles. The second-order valence-electron chi connectivity index (χ2n) is 7.36. The van der Waals surface area contributed by atoms with Crippen LogP contribution in [-0.2, 0) is 9.53 Å². The number of rotatable bonds is 4. The lowest BCUT2D eigenvalue weighted by atomic mass is 9.93. The van der Waals surface area contributed by atoms with Gasteiger partial charge in [-0.3, -0.25) is 4.79 Å². The lowest BCUT2D eigenvalue weighted by Crippen LogP contribution is -2.42. The molecule has 0 spiro atoms. The molecule has 1 aromatic rings. The van der Waals surface area contributed by atoms with E-state index in [-0.39, 0.29) is 17.9 Å². The van der Waals surface area contributed by atoms with Crippen LogP contribution in [0.2, 0.25) is 0 Å². The second-order valence-corrected chi connectivity index (χ2v) is 7.36. The molecule has 0 atom stereocenters. The highest BCUT2D eigenvalue weighted by atomic mass is 16.6. The SMILES string of the molecule is COc1ccccc1NC(=O)CC1CCN(C(=O)OC(C)(C)C)CC1. The normalized spacial score (nSPS) is 15.6. The number of methoxy groups -OCH3 is 1. The molecule has 6 nitrogen and oxygen atoms in total. The second kappa shape index (κ2) is 8.23. The zero-order chi connectivity index (χ0) is 18.4. The third-order valence-electron chi connectivity index (χ3n) is 4.12. The van der Waals surface area contributed by atoms with E-state index in [4.69, 9.17) is 9.47 Å². The first-order chi connectivity index (χ1) is 11.8. The summed E-state index contributed by atoms with van der Waals surface area (Å²) in [6.45, 7) is 6.84. The van der Waals surface area contributed by atoms with Gasteiger partial charge in [0.15, 0.2) is 0 Å². The Hall–Kier alpha value is -2.24. The molecule has 6 heteroatoms. The molecule has 25 heavy (non-hydrogen) atoms. The van der Waals surface area contributed by atoms with E-state index in [0.29, 0.717) is 30.9 Å². The first kappa shape index (κ1) is 19.1. The van der Waals surface area contributed by atoms with E-state index in [1.165, 1.54) is 0 Å². The summed E-state index contributed by atoms with van der Waals surface area (Å²) >= 11 is 0. The van der Waals surface area contributed by atoms with Crippen LogP contribution in [0.25, 0.3) is 0 Å². The number of amides is 2. The smallest absolute Gasteiger partial charge is 0.410 e.